The summed E-state index contributed by atoms with van der Waals surface area (Å²) in [6.45, 7) is -0.262. The minimum Gasteiger partial charge on any atom is -0.425 e. The van der Waals surface area contributed by atoms with Crippen molar-refractivity contribution in [1.29, 1.82) is 5.26 Å². The predicted molar refractivity (Wildman–Crippen MR) is 116 cm³/mol. The number of amides is 1. The third-order valence-electron chi connectivity index (χ3n) is 4.11. The lowest BCUT2D eigenvalue weighted by molar-refractivity contribution is -0.133. The first-order valence-corrected chi connectivity index (χ1v) is 9.44. The number of carbonyl (C=O) groups excluding carboxylic acids is 2. The van der Waals surface area contributed by atoms with Crippen molar-refractivity contribution in [2.24, 2.45) is 0 Å². The number of esters is 1. The van der Waals surface area contributed by atoms with Gasteiger partial charge in [-0.25, -0.2) is 4.79 Å². The number of allylic oxidation sites excluding steroid dienone is 1. The van der Waals surface area contributed by atoms with Crippen molar-refractivity contribution in [2.45, 2.75) is 0 Å². The fraction of sp³-hybridized carbons (Fsp3) is 0.0417. The molecule has 148 valence electrons. The van der Waals surface area contributed by atoms with Gasteiger partial charge < -0.3 is 10.1 Å². The Morgan fingerprint density at radius 3 is 2.40 bits per heavy atom. The summed E-state index contributed by atoms with van der Waals surface area (Å²) in [5.41, 5.74) is 2.34. The van der Waals surface area contributed by atoms with Gasteiger partial charge in [-0.3, -0.25) is 4.79 Å². The maximum Gasteiger partial charge on any atom is 0.330 e. The molecule has 3 aromatic carbocycles. The average molecular weight is 417 g/mol. The third-order valence-corrected chi connectivity index (χ3v) is 4.36. The Morgan fingerprint density at radius 1 is 0.967 bits per heavy atom. The molecule has 1 N–H and O–H groups in total. The number of ether oxygens (including phenoxy) is 1. The summed E-state index contributed by atoms with van der Waals surface area (Å²) in [5, 5.41) is 12.6. The molecule has 0 atom stereocenters. The highest BCUT2D eigenvalue weighted by Crippen LogP contribution is 2.22. The van der Waals surface area contributed by atoms with Gasteiger partial charge in [0.05, 0.1) is 11.6 Å². The van der Waals surface area contributed by atoms with Gasteiger partial charge in [0, 0.05) is 10.6 Å². The zero-order valence-electron chi connectivity index (χ0n) is 15.8. The van der Waals surface area contributed by atoms with Crippen LogP contribution in [0.25, 0.3) is 11.6 Å². The minimum absolute atomic E-state index is 0.262. The first-order valence-electron chi connectivity index (χ1n) is 9.07. The highest BCUT2D eigenvalue weighted by atomic mass is 35.5. The number of carbonyl (C=O) groups is 2. The highest BCUT2D eigenvalue weighted by Gasteiger charge is 2.10. The molecule has 0 bridgehead atoms. The Kier molecular flexibility index (Phi) is 6.99. The molecule has 0 aromatic heterocycles. The number of nitrogens with one attached hydrogen (secondary N) is 1. The molecule has 0 saturated heterocycles. The van der Waals surface area contributed by atoms with E-state index in [9.17, 15) is 14.9 Å². The van der Waals surface area contributed by atoms with Crippen molar-refractivity contribution in [3.05, 3.63) is 101 Å². The van der Waals surface area contributed by atoms with E-state index in [1.165, 1.54) is 0 Å². The van der Waals surface area contributed by atoms with Crippen molar-refractivity contribution in [1.82, 2.24) is 5.32 Å². The fourth-order valence-electron chi connectivity index (χ4n) is 2.66. The van der Waals surface area contributed by atoms with Crippen LogP contribution in [0.3, 0.4) is 0 Å². The number of nitriles is 1. The van der Waals surface area contributed by atoms with E-state index in [0.717, 1.165) is 5.56 Å². The van der Waals surface area contributed by atoms with E-state index in [2.05, 4.69) is 11.4 Å². The van der Waals surface area contributed by atoms with E-state index < -0.39 is 5.97 Å². The van der Waals surface area contributed by atoms with Crippen LogP contribution in [0.2, 0.25) is 5.02 Å². The van der Waals surface area contributed by atoms with E-state index in [1.54, 1.807) is 84.9 Å². The normalized spacial score (nSPS) is 10.7. The molecule has 3 rings (SSSR count). The molecular weight excluding hydrogens is 400 g/mol. The van der Waals surface area contributed by atoms with Crippen LogP contribution >= 0.6 is 11.6 Å². The van der Waals surface area contributed by atoms with Gasteiger partial charge in [-0.2, -0.15) is 5.26 Å². The van der Waals surface area contributed by atoms with E-state index in [4.69, 9.17) is 16.3 Å². The number of benzene rings is 3. The molecule has 5 nitrogen and oxygen atoms in total. The summed E-state index contributed by atoms with van der Waals surface area (Å²) >= 11 is 5.89. The Hall–Kier alpha value is -3.88. The Labute approximate surface area is 179 Å². The first kappa shape index (κ1) is 20.8. The minimum atomic E-state index is -0.599. The number of rotatable bonds is 6. The molecule has 30 heavy (non-hydrogen) atoms. The van der Waals surface area contributed by atoms with Crippen LogP contribution in [-0.2, 0) is 4.79 Å². The lowest BCUT2D eigenvalue weighted by Crippen LogP contribution is -2.31. The molecule has 0 aliphatic heterocycles. The van der Waals surface area contributed by atoms with Gasteiger partial charge in [-0.1, -0.05) is 54.1 Å². The third kappa shape index (κ3) is 5.81. The van der Waals surface area contributed by atoms with E-state index in [-0.39, 0.29) is 12.5 Å². The van der Waals surface area contributed by atoms with Crippen LogP contribution in [0.4, 0.5) is 0 Å². The van der Waals surface area contributed by atoms with E-state index in [1.807, 2.05) is 0 Å². The second kappa shape index (κ2) is 10.1. The molecule has 3 aromatic rings. The quantitative estimate of drug-likeness (QED) is 0.272. The van der Waals surface area contributed by atoms with Crippen molar-refractivity contribution in [2.75, 3.05) is 6.54 Å². The summed E-state index contributed by atoms with van der Waals surface area (Å²) in [7, 11) is 0. The molecule has 0 unspecified atom stereocenters. The maximum atomic E-state index is 12.1. The molecule has 0 heterocycles. The Morgan fingerprint density at radius 2 is 1.70 bits per heavy atom. The van der Waals surface area contributed by atoms with Gasteiger partial charge in [-0.15, -0.1) is 0 Å². The number of nitrogens with zero attached hydrogens (tertiary/aromatic N) is 1. The van der Waals surface area contributed by atoms with Crippen LogP contribution < -0.4 is 10.1 Å². The molecular formula is C24H17ClN2O3. The first-order chi connectivity index (χ1) is 14.5. The zero-order chi connectivity index (χ0) is 21.3. The Balaban J connectivity index is 1.65. The number of hydrogen-bond donors (Lipinski definition) is 1. The van der Waals surface area contributed by atoms with Crippen LogP contribution in [-0.4, -0.2) is 18.4 Å². The highest BCUT2D eigenvalue weighted by molar-refractivity contribution is 6.30. The fourth-order valence-corrected chi connectivity index (χ4v) is 2.78. The summed E-state index contributed by atoms with van der Waals surface area (Å²) in [5.74, 6) is -0.638. The van der Waals surface area contributed by atoms with Gasteiger partial charge in [-0.05, 0) is 53.6 Å². The van der Waals surface area contributed by atoms with E-state index in [0.29, 0.717) is 27.5 Å². The van der Waals surface area contributed by atoms with Crippen molar-refractivity contribution >= 4 is 35.1 Å². The summed E-state index contributed by atoms with van der Waals surface area (Å²) < 4.78 is 5.29. The van der Waals surface area contributed by atoms with E-state index >= 15 is 0 Å². The van der Waals surface area contributed by atoms with Gasteiger partial charge in [0.1, 0.15) is 12.3 Å². The molecule has 0 radical (unpaired) electrons. The van der Waals surface area contributed by atoms with Crippen molar-refractivity contribution in [3.8, 4) is 11.8 Å². The monoisotopic (exact) mass is 416 g/mol. The second-order valence-corrected chi connectivity index (χ2v) is 6.71. The average Bonchev–Trinajstić information content (AvgIpc) is 2.77. The summed E-state index contributed by atoms with van der Waals surface area (Å²) in [4.78, 5) is 24.1. The van der Waals surface area contributed by atoms with Crippen LogP contribution in [0.1, 0.15) is 21.5 Å². The van der Waals surface area contributed by atoms with Crippen molar-refractivity contribution in [3.63, 3.8) is 0 Å². The lowest BCUT2D eigenvalue weighted by Gasteiger charge is -2.07. The summed E-state index contributed by atoms with van der Waals surface area (Å²) in [6.07, 6.45) is 1.69. The maximum absolute atomic E-state index is 12.1. The molecule has 0 aliphatic rings. The molecule has 6 heteroatoms. The van der Waals surface area contributed by atoms with Gasteiger partial charge >= 0.3 is 5.97 Å². The molecule has 0 fully saturated rings. The van der Waals surface area contributed by atoms with Gasteiger partial charge in [0.25, 0.3) is 5.91 Å². The number of hydrogen-bond acceptors (Lipinski definition) is 4. The smallest absolute Gasteiger partial charge is 0.330 e. The molecule has 0 aliphatic carbocycles. The van der Waals surface area contributed by atoms with Crippen LogP contribution in [0.15, 0.2) is 78.9 Å². The van der Waals surface area contributed by atoms with Crippen molar-refractivity contribution < 1.29 is 14.3 Å². The second-order valence-electron chi connectivity index (χ2n) is 6.27. The SMILES string of the molecule is N#C/C(=C/c1cccc(OC(=O)CNC(=O)c2ccccc2)c1)c1ccc(Cl)cc1. The predicted octanol–water partition coefficient (Wildman–Crippen LogP) is 4.74. The standard InChI is InChI=1S/C24H17ClN2O3/c25-21-11-9-18(10-12-21)20(15-26)13-17-5-4-8-22(14-17)30-23(28)16-27-24(29)19-6-2-1-3-7-19/h1-14H,16H2,(H,27,29)/b20-13-. The molecule has 0 spiro atoms. The zero-order valence-corrected chi connectivity index (χ0v) is 16.6. The Bertz CT molecular complexity index is 1120. The largest absolute Gasteiger partial charge is 0.425 e. The van der Waals surface area contributed by atoms with Gasteiger partial charge in [0.2, 0.25) is 0 Å². The summed E-state index contributed by atoms with van der Waals surface area (Å²) in [6, 6.07) is 24.5. The topological polar surface area (TPSA) is 79.2 Å². The number of halogens is 1. The van der Waals surface area contributed by atoms with Crippen LogP contribution in [0.5, 0.6) is 5.75 Å². The molecule has 0 saturated carbocycles. The van der Waals surface area contributed by atoms with Crippen LogP contribution in [0, 0.1) is 11.3 Å². The molecule has 1 amide bonds. The lowest BCUT2D eigenvalue weighted by atomic mass is 10.0. The van der Waals surface area contributed by atoms with Gasteiger partial charge in [0.15, 0.2) is 0 Å².